The van der Waals surface area contributed by atoms with Gasteiger partial charge < -0.3 is 10.2 Å². The summed E-state index contributed by atoms with van der Waals surface area (Å²) in [5, 5.41) is 3.85. The van der Waals surface area contributed by atoms with E-state index in [-0.39, 0.29) is 0 Å². The summed E-state index contributed by atoms with van der Waals surface area (Å²) < 4.78 is 0.892. The van der Waals surface area contributed by atoms with E-state index in [1.165, 1.54) is 0 Å². The fourth-order valence-corrected chi connectivity index (χ4v) is 1.72. The normalized spacial score (nSPS) is 10.6. The maximum atomic E-state index is 5.77. The van der Waals surface area contributed by atoms with E-state index in [9.17, 15) is 0 Å². The van der Waals surface area contributed by atoms with Gasteiger partial charge in [-0.3, -0.25) is 0 Å². The largest absolute Gasteiger partial charge is 0.368 e. The van der Waals surface area contributed by atoms with E-state index in [0.29, 0.717) is 5.02 Å². The molecule has 0 saturated carbocycles. The Bertz CT molecular complexity index is 304. The van der Waals surface area contributed by atoms with E-state index < -0.39 is 0 Å². The van der Waals surface area contributed by atoms with Crippen molar-refractivity contribution in [1.82, 2.24) is 9.88 Å². The molecule has 0 saturated heterocycles. The quantitative estimate of drug-likeness (QED) is 0.917. The minimum atomic E-state index is 0.634. The standard InChI is InChI=1S/C9H13BrClN3/c1-14(2)4-3-12-9-8(10)5-7(11)6-13-9/h5-6H,3-4H2,1-2H3,(H,12,13). The summed E-state index contributed by atoms with van der Waals surface area (Å²) in [5.41, 5.74) is 0. The van der Waals surface area contributed by atoms with Gasteiger partial charge in [-0.05, 0) is 36.1 Å². The molecule has 1 heterocycles. The van der Waals surface area contributed by atoms with Gasteiger partial charge in [0.15, 0.2) is 0 Å². The van der Waals surface area contributed by atoms with E-state index in [1.807, 2.05) is 20.2 Å². The van der Waals surface area contributed by atoms with Gasteiger partial charge in [-0.2, -0.15) is 0 Å². The van der Waals surface area contributed by atoms with Crippen LogP contribution in [0, 0.1) is 0 Å². The molecular weight excluding hydrogens is 265 g/mol. The Balaban J connectivity index is 2.51. The summed E-state index contributed by atoms with van der Waals surface area (Å²) in [6.07, 6.45) is 1.63. The molecule has 0 aliphatic heterocycles. The zero-order chi connectivity index (χ0) is 10.6. The van der Waals surface area contributed by atoms with Gasteiger partial charge in [-0.15, -0.1) is 0 Å². The summed E-state index contributed by atoms with van der Waals surface area (Å²) in [5.74, 6) is 0.830. The molecule has 3 nitrogen and oxygen atoms in total. The fourth-order valence-electron chi connectivity index (χ4n) is 0.943. The minimum Gasteiger partial charge on any atom is -0.368 e. The number of pyridine rings is 1. The Labute approximate surface area is 97.6 Å². The lowest BCUT2D eigenvalue weighted by molar-refractivity contribution is 0.425. The first-order valence-electron chi connectivity index (χ1n) is 4.29. The zero-order valence-electron chi connectivity index (χ0n) is 8.22. The number of halogens is 2. The molecule has 0 bridgehead atoms. The third-order valence-corrected chi connectivity index (χ3v) is 2.47. The molecule has 0 fully saturated rings. The topological polar surface area (TPSA) is 28.2 Å². The average Bonchev–Trinajstić information content (AvgIpc) is 2.08. The van der Waals surface area contributed by atoms with E-state index in [2.05, 4.69) is 31.1 Å². The fraction of sp³-hybridized carbons (Fsp3) is 0.444. The summed E-state index contributed by atoms with van der Waals surface area (Å²) in [6, 6.07) is 1.83. The van der Waals surface area contributed by atoms with Crippen LogP contribution in [0.2, 0.25) is 5.02 Å². The first-order chi connectivity index (χ1) is 6.59. The Morgan fingerprint density at radius 2 is 2.29 bits per heavy atom. The van der Waals surface area contributed by atoms with Crippen LogP contribution in [0.3, 0.4) is 0 Å². The van der Waals surface area contributed by atoms with Crippen molar-refractivity contribution in [3.63, 3.8) is 0 Å². The molecule has 1 rings (SSSR count). The van der Waals surface area contributed by atoms with Gasteiger partial charge in [0.25, 0.3) is 0 Å². The SMILES string of the molecule is CN(C)CCNc1ncc(Cl)cc1Br. The zero-order valence-corrected chi connectivity index (χ0v) is 10.6. The predicted octanol–water partition coefficient (Wildman–Crippen LogP) is 2.47. The van der Waals surface area contributed by atoms with Crippen LogP contribution in [0.25, 0.3) is 0 Å². The van der Waals surface area contributed by atoms with Crippen molar-refractivity contribution in [2.75, 3.05) is 32.5 Å². The lowest BCUT2D eigenvalue weighted by atomic mass is 10.4. The van der Waals surface area contributed by atoms with Gasteiger partial charge in [0, 0.05) is 19.3 Å². The number of anilines is 1. The number of likely N-dealkylation sites (N-methyl/N-ethyl adjacent to an activating group) is 1. The Hall–Kier alpha value is -0.320. The molecule has 5 heteroatoms. The lowest BCUT2D eigenvalue weighted by Crippen LogP contribution is -2.21. The second kappa shape index (κ2) is 5.53. The molecule has 1 aromatic heterocycles. The molecule has 0 spiro atoms. The monoisotopic (exact) mass is 277 g/mol. The van der Waals surface area contributed by atoms with Gasteiger partial charge >= 0.3 is 0 Å². The van der Waals surface area contributed by atoms with Crippen molar-refractivity contribution < 1.29 is 0 Å². The van der Waals surface area contributed by atoms with Gasteiger partial charge in [-0.25, -0.2) is 4.98 Å². The summed E-state index contributed by atoms with van der Waals surface area (Å²) in [7, 11) is 4.07. The molecule has 0 aromatic carbocycles. The van der Waals surface area contributed by atoms with Crippen molar-refractivity contribution in [2.24, 2.45) is 0 Å². The van der Waals surface area contributed by atoms with Crippen LogP contribution in [0.15, 0.2) is 16.7 Å². The van der Waals surface area contributed by atoms with Crippen LogP contribution < -0.4 is 5.32 Å². The Morgan fingerprint density at radius 1 is 1.57 bits per heavy atom. The van der Waals surface area contributed by atoms with E-state index in [0.717, 1.165) is 23.4 Å². The van der Waals surface area contributed by atoms with Gasteiger partial charge in [0.05, 0.1) is 9.50 Å². The van der Waals surface area contributed by atoms with E-state index in [1.54, 1.807) is 6.20 Å². The van der Waals surface area contributed by atoms with E-state index in [4.69, 9.17) is 11.6 Å². The van der Waals surface area contributed by atoms with Crippen LogP contribution in [-0.4, -0.2) is 37.1 Å². The molecule has 1 N–H and O–H groups in total. The number of hydrogen-bond acceptors (Lipinski definition) is 3. The highest BCUT2D eigenvalue weighted by Crippen LogP contribution is 2.22. The maximum Gasteiger partial charge on any atom is 0.140 e. The number of hydrogen-bond donors (Lipinski definition) is 1. The predicted molar refractivity (Wildman–Crippen MR) is 64.0 cm³/mol. The molecular formula is C9H13BrClN3. The van der Waals surface area contributed by atoms with Crippen molar-refractivity contribution in [1.29, 1.82) is 0 Å². The third-order valence-electron chi connectivity index (χ3n) is 1.66. The van der Waals surface area contributed by atoms with Crippen molar-refractivity contribution in [3.05, 3.63) is 21.8 Å². The molecule has 0 amide bonds. The number of nitrogens with one attached hydrogen (secondary N) is 1. The van der Waals surface area contributed by atoms with Gasteiger partial charge in [0.2, 0.25) is 0 Å². The Morgan fingerprint density at radius 3 is 2.86 bits per heavy atom. The van der Waals surface area contributed by atoms with Gasteiger partial charge in [-0.1, -0.05) is 11.6 Å². The molecule has 78 valence electrons. The summed E-state index contributed by atoms with van der Waals surface area (Å²) in [6.45, 7) is 1.83. The van der Waals surface area contributed by atoms with Crippen molar-refractivity contribution in [3.8, 4) is 0 Å². The second-order valence-corrected chi connectivity index (χ2v) is 4.50. The van der Waals surface area contributed by atoms with Crippen LogP contribution >= 0.6 is 27.5 Å². The maximum absolute atomic E-state index is 5.77. The number of aromatic nitrogens is 1. The minimum absolute atomic E-state index is 0.634. The Kier molecular flexibility index (Phi) is 4.65. The number of rotatable bonds is 4. The van der Waals surface area contributed by atoms with Crippen LogP contribution in [-0.2, 0) is 0 Å². The highest BCUT2D eigenvalue weighted by atomic mass is 79.9. The highest BCUT2D eigenvalue weighted by Gasteiger charge is 2.01. The van der Waals surface area contributed by atoms with Crippen molar-refractivity contribution >= 4 is 33.3 Å². The van der Waals surface area contributed by atoms with E-state index >= 15 is 0 Å². The van der Waals surface area contributed by atoms with Crippen molar-refractivity contribution in [2.45, 2.75) is 0 Å². The third kappa shape index (κ3) is 3.82. The first-order valence-corrected chi connectivity index (χ1v) is 5.46. The molecule has 0 unspecified atom stereocenters. The molecule has 1 aromatic rings. The molecule has 0 aliphatic carbocycles. The van der Waals surface area contributed by atoms with Crippen LogP contribution in [0.5, 0.6) is 0 Å². The molecule has 14 heavy (non-hydrogen) atoms. The number of nitrogens with zero attached hydrogens (tertiary/aromatic N) is 2. The molecule has 0 radical (unpaired) electrons. The second-order valence-electron chi connectivity index (χ2n) is 3.21. The first kappa shape index (κ1) is 11.8. The van der Waals surface area contributed by atoms with Gasteiger partial charge in [0.1, 0.15) is 5.82 Å². The average molecular weight is 279 g/mol. The lowest BCUT2D eigenvalue weighted by Gasteiger charge is -2.11. The highest BCUT2D eigenvalue weighted by molar-refractivity contribution is 9.10. The summed E-state index contributed by atoms with van der Waals surface area (Å²) >= 11 is 9.16. The summed E-state index contributed by atoms with van der Waals surface area (Å²) in [4.78, 5) is 6.27. The van der Waals surface area contributed by atoms with Crippen LogP contribution in [0.4, 0.5) is 5.82 Å². The molecule has 0 atom stereocenters. The molecule has 0 aliphatic rings. The van der Waals surface area contributed by atoms with Crippen LogP contribution in [0.1, 0.15) is 0 Å². The smallest absolute Gasteiger partial charge is 0.140 e.